The fraction of sp³-hybridized carbons (Fsp3) is 0.455. The molecule has 37 heavy (non-hydrogen) atoms. The van der Waals surface area contributed by atoms with E-state index in [0.29, 0.717) is 24.8 Å². The summed E-state index contributed by atoms with van der Waals surface area (Å²) in [6.45, 7) is 0.657. The molecule has 3 N–H and O–H groups in total. The van der Waals surface area contributed by atoms with Gasteiger partial charge >= 0.3 is 5.51 Å². The number of nitrogens with two attached hydrogens (primary N) is 1. The number of sulfone groups is 1. The van der Waals surface area contributed by atoms with Crippen LogP contribution < -0.4 is 10.5 Å². The molecular weight excluding hydrogens is 561 g/mol. The highest BCUT2D eigenvalue weighted by molar-refractivity contribution is 7.99. The molecule has 0 spiro atoms. The van der Waals surface area contributed by atoms with Crippen LogP contribution in [0.5, 0.6) is 0 Å². The maximum absolute atomic E-state index is 13.5. The summed E-state index contributed by atoms with van der Waals surface area (Å²) in [5, 5.41) is 7.82. The van der Waals surface area contributed by atoms with Crippen LogP contribution in [-0.2, 0) is 19.9 Å². The van der Waals surface area contributed by atoms with Gasteiger partial charge in [0.15, 0.2) is 0 Å². The zero-order valence-corrected chi connectivity index (χ0v) is 21.9. The molecule has 1 saturated heterocycles. The van der Waals surface area contributed by atoms with E-state index >= 15 is 0 Å². The SMILES string of the molecule is NS(=O)(=O)c1ccc(N[C@H](CCN2CCC(F)(F)CC2)CSc2ccccc2)c(S(=O)(=O)C(F)(F)F)c1. The van der Waals surface area contributed by atoms with Gasteiger partial charge in [0.05, 0.1) is 10.6 Å². The number of nitrogens with one attached hydrogen (secondary N) is 1. The molecule has 3 rings (SSSR count). The largest absolute Gasteiger partial charge is 0.501 e. The zero-order chi connectivity index (χ0) is 27.5. The molecule has 0 amide bonds. The molecule has 2 aromatic carbocycles. The van der Waals surface area contributed by atoms with Crippen molar-refractivity contribution in [2.45, 2.75) is 51.4 Å². The van der Waals surface area contributed by atoms with Crippen LogP contribution in [0.25, 0.3) is 0 Å². The summed E-state index contributed by atoms with van der Waals surface area (Å²) >= 11 is 1.37. The van der Waals surface area contributed by atoms with Gasteiger partial charge in [0.2, 0.25) is 10.0 Å². The lowest BCUT2D eigenvalue weighted by atomic mass is 10.1. The van der Waals surface area contributed by atoms with Crippen molar-refractivity contribution in [3.8, 4) is 0 Å². The number of anilines is 1. The van der Waals surface area contributed by atoms with Crippen molar-refractivity contribution < 1.29 is 38.8 Å². The minimum absolute atomic E-state index is 0.155. The number of halogens is 5. The van der Waals surface area contributed by atoms with Crippen LogP contribution in [0.4, 0.5) is 27.6 Å². The number of primary sulfonamides is 1. The average Bonchev–Trinajstić information content (AvgIpc) is 2.81. The Morgan fingerprint density at radius 3 is 2.22 bits per heavy atom. The van der Waals surface area contributed by atoms with E-state index in [9.17, 15) is 38.8 Å². The number of likely N-dealkylation sites (tertiary alicyclic amines) is 1. The Bertz CT molecular complexity index is 1280. The van der Waals surface area contributed by atoms with Crippen molar-refractivity contribution in [1.29, 1.82) is 0 Å². The van der Waals surface area contributed by atoms with E-state index < -0.39 is 52.8 Å². The number of alkyl halides is 5. The second-order valence-electron chi connectivity index (χ2n) is 8.60. The highest BCUT2D eigenvalue weighted by Gasteiger charge is 2.48. The van der Waals surface area contributed by atoms with Crippen LogP contribution in [-0.4, -0.2) is 64.6 Å². The van der Waals surface area contributed by atoms with E-state index in [2.05, 4.69) is 5.32 Å². The van der Waals surface area contributed by atoms with Crippen LogP contribution in [0.1, 0.15) is 19.3 Å². The standard InChI is InChI=1S/C22H26F5N3O4S3/c23-21(24)9-12-30(13-10-21)11-8-16(15-35-17-4-2-1-3-5-17)29-19-7-6-18(37(28,33)34)14-20(19)36(31,32)22(25,26)27/h1-7,14,16,29H,8-13,15H2,(H2,28,33,34)/t16-/m1/s1. The van der Waals surface area contributed by atoms with E-state index in [-0.39, 0.29) is 25.9 Å². The summed E-state index contributed by atoms with van der Waals surface area (Å²) in [5.74, 6) is -2.43. The van der Waals surface area contributed by atoms with Gasteiger partial charge < -0.3 is 10.2 Å². The van der Waals surface area contributed by atoms with Gasteiger partial charge in [0.25, 0.3) is 15.8 Å². The normalized spacial score (nSPS) is 17.9. The molecule has 15 heteroatoms. The summed E-state index contributed by atoms with van der Waals surface area (Å²) in [6.07, 6.45) is -0.298. The first-order valence-corrected chi connectivity index (χ1v) is 15.1. The summed E-state index contributed by atoms with van der Waals surface area (Å²) in [6, 6.07) is 10.7. The lowest BCUT2D eigenvalue weighted by Gasteiger charge is -2.33. The Labute approximate surface area is 216 Å². The highest BCUT2D eigenvalue weighted by Crippen LogP contribution is 2.36. The number of nitrogens with zero attached hydrogens (tertiary/aromatic N) is 1. The summed E-state index contributed by atoms with van der Waals surface area (Å²) in [7, 11) is -10.4. The predicted octanol–water partition coefficient (Wildman–Crippen LogP) is 4.32. The van der Waals surface area contributed by atoms with E-state index in [0.717, 1.165) is 17.0 Å². The molecule has 1 heterocycles. The van der Waals surface area contributed by atoms with Crippen LogP contribution in [0.2, 0.25) is 0 Å². The second kappa shape index (κ2) is 11.4. The van der Waals surface area contributed by atoms with Gasteiger partial charge in [-0.1, -0.05) is 18.2 Å². The highest BCUT2D eigenvalue weighted by atomic mass is 32.2. The minimum atomic E-state index is -5.93. The Balaban J connectivity index is 1.89. The van der Waals surface area contributed by atoms with E-state index in [1.807, 2.05) is 23.1 Å². The number of sulfonamides is 1. The molecule has 0 radical (unpaired) electrons. The van der Waals surface area contributed by atoms with Crippen LogP contribution in [0.3, 0.4) is 0 Å². The molecule has 1 aliphatic rings. The first-order valence-electron chi connectivity index (χ1n) is 11.1. The smallest absolute Gasteiger partial charge is 0.380 e. The molecule has 0 saturated carbocycles. The third-order valence-electron chi connectivity index (χ3n) is 5.81. The number of hydrogen-bond acceptors (Lipinski definition) is 7. The molecule has 1 fully saturated rings. The quantitative estimate of drug-likeness (QED) is 0.315. The maximum Gasteiger partial charge on any atom is 0.501 e. The van der Waals surface area contributed by atoms with Crippen molar-refractivity contribution >= 4 is 37.3 Å². The molecule has 0 bridgehead atoms. The summed E-state index contributed by atoms with van der Waals surface area (Å²) in [4.78, 5) is 0.625. The van der Waals surface area contributed by atoms with E-state index in [1.165, 1.54) is 11.8 Å². The first-order chi connectivity index (χ1) is 17.1. The summed E-state index contributed by atoms with van der Waals surface area (Å²) < 4.78 is 115. The third kappa shape index (κ3) is 8.02. The second-order valence-corrected chi connectivity index (χ2v) is 13.2. The molecule has 0 aliphatic carbocycles. The van der Waals surface area contributed by atoms with Crippen molar-refractivity contribution in [2.75, 3.05) is 30.7 Å². The maximum atomic E-state index is 13.5. The van der Waals surface area contributed by atoms with E-state index in [1.54, 1.807) is 12.1 Å². The van der Waals surface area contributed by atoms with Gasteiger partial charge in [-0.15, -0.1) is 11.8 Å². The molecule has 206 valence electrons. The number of rotatable bonds is 10. The van der Waals surface area contributed by atoms with Crippen molar-refractivity contribution in [3.05, 3.63) is 48.5 Å². The van der Waals surface area contributed by atoms with Crippen molar-refractivity contribution in [2.24, 2.45) is 5.14 Å². The Morgan fingerprint density at radius 1 is 1.03 bits per heavy atom. The number of piperidine rings is 1. The van der Waals surface area contributed by atoms with E-state index in [4.69, 9.17) is 5.14 Å². The van der Waals surface area contributed by atoms with Crippen LogP contribution in [0, 0.1) is 0 Å². The lowest BCUT2D eigenvalue weighted by Crippen LogP contribution is -2.41. The fourth-order valence-corrected chi connectivity index (χ4v) is 6.27. The number of thioether (sulfide) groups is 1. The topological polar surface area (TPSA) is 110 Å². The zero-order valence-electron chi connectivity index (χ0n) is 19.4. The molecule has 0 unspecified atom stereocenters. The lowest BCUT2D eigenvalue weighted by molar-refractivity contribution is -0.0552. The fourth-order valence-electron chi connectivity index (χ4n) is 3.72. The summed E-state index contributed by atoms with van der Waals surface area (Å²) in [5.41, 5.74) is -6.12. The molecular formula is C22H26F5N3O4S3. The Hall–Kier alpha value is -1.94. The van der Waals surface area contributed by atoms with Gasteiger partial charge in [-0.3, -0.25) is 0 Å². The van der Waals surface area contributed by atoms with Gasteiger partial charge in [0, 0.05) is 49.2 Å². The molecule has 7 nitrogen and oxygen atoms in total. The number of hydrogen-bond donors (Lipinski definition) is 2. The van der Waals surface area contributed by atoms with Gasteiger partial charge in [0.1, 0.15) is 4.90 Å². The van der Waals surface area contributed by atoms with Crippen molar-refractivity contribution in [1.82, 2.24) is 4.90 Å². The van der Waals surface area contributed by atoms with Crippen LogP contribution >= 0.6 is 11.8 Å². The molecule has 0 aromatic heterocycles. The van der Waals surface area contributed by atoms with Gasteiger partial charge in [-0.2, -0.15) is 13.2 Å². The van der Waals surface area contributed by atoms with Gasteiger partial charge in [-0.25, -0.2) is 30.8 Å². The van der Waals surface area contributed by atoms with Crippen LogP contribution in [0.15, 0.2) is 63.2 Å². The number of benzene rings is 2. The minimum Gasteiger partial charge on any atom is -0.380 e. The van der Waals surface area contributed by atoms with Gasteiger partial charge in [-0.05, 0) is 36.8 Å². The average molecular weight is 588 g/mol. The molecule has 2 aromatic rings. The van der Waals surface area contributed by atoms with Crippen molar-refractivity contribution in [3.63, 3.8) is 0 Å². The predicted molar refractivity (Wildman–Crippen MR) is 131 cm³/mol. The molecule has 1 aliphatic heterocycles. The Morgan fingerprint density at radius 2 is 1.65 bits per heavy atom. The Kier molecular flexibility index (Phi) is 9.15. The third-order valence-corrected chi connectivity index (χ3v) is 9.42. The monoisotopic (exact) mass is 587 g/mol. The first kappa shape index (κ1) is 29.6. The molecule has 1 atom stereocenters.